The number of anilines is 1. The Bertz CT molecular complexity index is 1280. The first kappa shape index (κ1) is 22.4. The van der Waals surface area contributed by atoms with Gasteiger partial charge in [0.25, 0.3) is 0 Å². The molecular weight excluding hydrogens is 434 g/mol. The van der Waals surface area contributed by atoms with Gasteiger partial charge in [0, 0.05) is 47.4 Å². The van der Waals surface area contributed by atoms with Gasteiger partial charge >= 0.3 is 0 Å². The molecule has 0 unspecified atom stereocenters. The molecule has 2 heterocycles. The standard InChI is InChI=1S/C26H23N3O3S/c1-17-6-8-24(32-2)21(14-17)23(30)7-9-25(31)28-20-5-3-4-19(15-20)22-16-33-26(29-22)18-10-12-27-13-11-18/h3-6,8,10-16H,7,9H2,1-2H3,(H,28,31). The van der Waals surface area contributed by atoms with Crippen LogP contribution in [-0.2, 0) is 4.79 Å². The van der Waals surface area contributed by atoms with Gasteiger partial charge in [-0.2, -0.15) is 0 Å². The minimum atomic E-state index is -0.220. The fourth-order valence-electron chi connectivity index (χ4n) is 3.41. The van der Waals surface area contributed by atoms with Gasteiger partial charge in [0.05, 0.1) is 18.4 Å². The summed E-state index contributed by atoms with van der Waals surface area (Å²) in [5.41, 5.74) is 4.89. The van der Waals surface area contributed by atoms with E-state index in [0.29, 0.717) is 17.0 Å². The maximum atomic E-state index is 12.6. The van der Waals surface area contributed by atoms with E-state index in [1.807, 2.05) is 54.8 Å². The van der Waals surface area contributed by atoms with Gasteiger partial charge in [0.15, 0.2) is 5.78 Å². The highest BCUT2D eigenvalue weighted by molar-refractivity contribution is 7.13. The first-order chi connectivity index (χ1) is 16.0. The van der Waals surface area contributed by atoms with Crippen molar-refractivity contribution in [1.82, 2.24) is 9.97 Å². The molecule has 4 rings (SSSR count). The molecule has 4 aromatic rings. The number of nitrogens with one attached hydrogen (secondary N) is 1. The van der Waals surface area contributed by atoms with E-state index in [4.69, 9.17) is 9.72 Å². The molecule has 0 fully saturated rings. The van der Waals surface area contributed by atoms with Crippen LogP contribution in [0.3, 0.4) is 0 Å². The maximum Gasteiger partial charge on any atom is 0.224 e. The van der Waals surface area contributed by atoms with Crippen molar-refractivity contribution in [2.75, 3.05) is 12.4 Å². The number of pyridine rings is 1. The van der Waals surface area contributed by atoms with E-state index in [-0.39, 0.29) is 24.5 Å². The van der Waals surface area contributed by atoms with E-state index in [2.05, 4.69) is 10.3 Å². The molecule has 0 bridgehead atoms. The fraction of sp³-hybridized carbons (Fsp3) is 0.154. The Balaban J connectivity index is 1.40. The molecule has 6 nitrogen and oxygen atoms in total. The summed E-state index contributed by atoms with van der Waals surface area (Å²) in [4.78, 5) is 33.9. The molecular formula is C26H23N3O3S. The van der Waals surface area contributed by atoms with Crippen molar-refractivity contribution >= 4 is 28.7 Å². The van der Waals surface area contributed by atoms with Crippen LogP contribution in [0.2, 0.25) is 0 Å². The third-order valence-electron chi connectivity index (χ3n) is 5.11. The van der Waals surface area contributed by atoms with Crippen LogP contribution in [-0.4, -0.2) is 28.8 Å². The van der Waals surface area contributed by atoms with Crippen LogP contribution in [0.5, 0.6) is 5.75 Å². The number of benzene rings is 2. The number of carbonyl (C=O) groups excluding carboxylic acids is 2. The number of aromatic nitrogens is 2. The average Bonchev–Trinajstić information content (AvgIpc) is 3.34. The summed E-state index contributed by atoms with van der Waals surface area (Å²) in [6, 6.07) is 16.8. The average molecular weight is 458 g/mol. The molecule has 0 radical (unpaired) electrons. The second-order valence-electron chi connectivity index (χ2n) is 7.53. The van der Waals surface area contributed by atoms with Crippen LogP contribution in [0, 0.1) is 6.92 Å². The van der Waals surface area contributed by atoms with E-state index in [1.165, 1.54) is 7.11 Å². The first-order valence-corrected chi connectivity index (χ1v) is 11.4. The third-order valence-corrected chi connectivity index (χ3v) is 6.00. The van der Waals surface area contributed by atoms with Crippen LogP contribution in [0.25, 0.3) is 21.8 Å². The van der Waals surface area contributed by atoms with Crippen molar-refractivity contribution in [3.05, 3.63) is 83.5 Å². The predicted octanol–water partition coefficient (Wildman–Crippen LogP) is 5.79. The number of thiazole rings is 1. The molecule has 0 aliphatic heterocycles. The molecule has 33 heavy (non-hydrogen) atoms. The number of ketones is 1. The van der Waals surface area contributed by atoms with Gasteiger partial charge in [0.1, 0.15) is 10.8 Å². The van der Waals surface area contributed by atoms with Crippen LogP contribution in [0.15, 0.2) is 72.4 Å². The summed E-state index contributed by atoms with van der Waals surface area (Å²) in [6.45, 7) is 1.91. The Hall–Kier alpha value is -3.84. The van der Waals surface area contributed by atoms with Crippen LogP contribution in [0.4, 0.5) is 5.69 Å². The Morgan fingerprint density at radius 1 is 1.00 bits per heavy atom. The van der Waals surface area contributed by atoms with E-state index < -0.39 is 0 Å². The third kappa shape index (κ3) is 5.51. The Morgan fingerprint density at radius 2 is 1.82 bits per heavy atom. The first-order valence-electron chi connectivity index (χ1n) is 10.5. The van der Waals surface area contributed by atoms with Gasteiger partial charge in [-0.05, 0) is 43.3 Å². The largest absolute Gasteiger partial charge is 0.496 e. The van der Waals surface area contributed by atoms with Crippen molar-refractivity contribution in [2.45, 2.75) is 19.8 Å². The molecule has 0 saturated carbocycles. The monoisotopic (exact) mass is 457 g/mol. The van der Waals surface area contributed by atoms with E-state index in [0.717, 1.165) is 27.4 Å². The van der Waals surface area contributed by atoms with Gasteiger partial charge in [-0.3, -0.25) is 14.6 Å². The quantitative estimate of drug-likeness (QED) is 0.339. The zero-order valence-electron chi connectivity index (χ0n) is 18.4. The number of aryl methyl sites for hydroxylation is 1. The summed E-state index contributed by atoms with van der Waals surface area (Å²) in [5, 5.41) is 5.78. The molecule has 0 atom stereocenters. The molecule has 166 valence electrons. The minimum Gasteiger partial charge on any atom is -0.496 e. The minimum absolute atomic E-state index is 0.0864. The molecule has 0 aliphatic rings. The lowest BCUT2D eigenvalue weighted by molar-refractivity contribution is -0.116. The van der Waals surface area contributed by atoms with Crippen LogP contribution in [0.1, 0.15) is 28.8 Å². The SMILES string of the molecule is COc1ccc(C)cc1C(=O)CCC(=O)Nc1cccc(-c2csc(-c3ccncc3)n2)c1. The Morgan fingerprint density at radius 3 is 2.61 bits per heavy atom. The second-order valence-corrected chi connectivity index (χ2v) is 8.39. The zero-order chi connectivity index (χ0) is 23.2. The van der Waals surface area contributed by atoms with Crippen molar-refractivity contribution < 1.29 is 14.3 Å². The normalized spacial score (nSPS) is 10.6. The molecule has 1 N–H and O–H groups in total. The highest BCUT2D eigenvalue weighted by Crippen LogP contribution is 2.29. The summed E-state index contributed by atoms with van der Waals surface area (Å²) in [7, 11) is 1.53. The Labute approximate surface area is 196 Å². The van der Waals surface area contributed by atoms with Gasteiger partial charge in [0.2, 0.25) is 5.91 Å². The van der Waals surface area contributed by atoms with Gasteiger partial charge < -0.3 is 10.1 Å². The maximum absolute atomic E-state index is 12.6. The van der Waals surface area contributed by atoms with Crippen LogP contribution >= 0.6 is 11.3 Å². The molecule has 0 spiro atoms. The van der Waals surface area contributed by atoms with Gasteiger partial charge in [-0.25, -0.2) is 4.98 Å². The van der Waals surface area contributed by atoms with Crippen molar-refractivity contribution in [3.63, 3.8) is 0 Å². The number of rotatable bonds is 8. The topological polar surface area (TPSA) is 81.2 Å². The molecule has 7 heteroatoms. The zero-order valence-corrected chi connectivity index (χ0v) is 19.2. The summed E-state index contributed by atoms with van der Waals surface area (Å²) < 4.78 is 5.28. The number of amides is 1. The van der Waals surface area contributed by atoms with E-state index >= 15 is 0 Å². The highest BCUT2D eigenvalue weighted by atomic mass is 32.1. The number of nitrogens with zero attached hydrogens (tertiary/aromatic N) is 2. The number of ether oxygens (including phenoxy) is 1. The van der Waals surface area contributed by atoms with E-state index in [1.54, 1.807) is 35.9 Å². The lowest BCUT2D eigenvalue weighted by atomic mass is 10.0. The number of hydrogen-bond acceptors (Lipinski definition) is 6. The fourth-order valence-corrected chi connectivity index (χ4v) is 4.25. The summed E-state index contributed by atoms with van der Waals surface area (Å²) in [6.07, 6.45) is 3.68. The smallest absolute Gasteiger partial charge is 0.224 e. The molecule has 2 aromatic heterocycles. The highest BCUT2D eigenvalue weighted by Gasteiger charge is 2.15. The second kappa shape index (κ2) is 10.2. The molecule has 0 aliphatic carbocycles. The number of methoxy groups -OCH3 is 1. The number of carbonyl (C=O) groups is 2. The lowest BCUT2D eigenvalue weighted by Gasteiger charge is -2.09. The Kier molecular flexibility index (Phi) is 6.90. The lowest BCUT2D eigenvalue weighted by Crippen LogP contribution is -2.14. The van der Waals surface area contributed by atoms with E-state index in [9.17, 15) is 9.59 Å². The number of hydrogen-bond donors (Lipinski definition) is 1. The molecule has 1 amide bonds. The summed E-state index contributed by atoms with van der Waals surface area (Å²) >= 11 is 1.56. The van der Waals surface area contributed by atoms with Crippen molar-refractivity contribution in [1.29, 1.82) is 0 Å². The molecule has 2 aromatic carbocycles. The van der Waals surface area contributed by atoms with Crippen molar-refractivity contribution in [3.8, 4) is 27.6 Å². The summed E-state index contributed by atoms with van der Waals surface area (Å²) in [5.74, 6) is 0.182. The van der Waals surface area contributed by atoms with Crippen molar-refractivity contribution in [2.24, 2.45) is 0 Å². The number of Topliss-reactive ketones (excluding diaryl/α,β-unsaturated/α-hetero) is 1. The van der Waals surface area contributed by atoms with Gasteiger partial charge in [-0.15, -0.1) is 11.3 Å². The van der Waals surface area contributed by atoms with Gasteiger partial charge in [-0.1, -0.05) is 23.8 Å². The molecule has 0 saturated heterocycles. The van der Waals surface area contributed by atoms with Crippen LogP contribution < -0.4 is 10.1 Å². The predicted molar refractivity (Wildman–Crippen MR) is 131 cm³/mol.